The van der Waals surface area contributed by atoms with E-state index in [1.54, 1.807) is 18.5 Å². The molecular weight excluding hydrogens is 264 g/mol. The molecule has 2 heterocycles. The van der Waals surface area contributed by atoms with Gasteiger partial charge in [-0.2, -0.15) is 10.1 Å². The van der Waals surface area contributed by atoms with Crippen molar-refractivity contribution in [3.05, 3.63) is 27.5 Å². The van der Waals surface area contributed by atoms with Crippen LogP contribution in [0.5, 0.6) is 0 Å². The van der Waals surface area contributed by atoms with Crippen LogP contribution in [0.2, 0.25) is 0 Å². The third kappa shape index (κ3) is 2.76. The van der Waals surface area contributed by atoms with Gasteiger partial charge < -0.3 is 9.84 Å². The van der Waals surface area contributed by atoms with E-state index in [4.69, 9.17) is 4.52 Å². The van der Waals surface area contributed by atoms with E-state index >= 15 is 0 Å². The molecule has 0 aliphatic rings. The minimum absolute atomic E-state index is 0.0151. The van der Waals surface area contributed by atoms with Crippen LogP contribution in [0.15, 0.2) is 4.52 Å². The summed E-state index contributed by atoms with van der Waals surface area (Å²) in [4.78, 5) is 14.7. The first-order chi connectivity index (χ1) is 9.52. The normalized spacial score (nSPS) is 10.8. The van der Waals surface area contributed by atoms with Crippen LogP contribution in [0.3, 0.4) is 0 Å². The average Bonchev–Trinajstić information content (AvgIpc) is 2.91. The molecule has 0 atom stereocenters. The number of anilines is 1. The molecule has 0 spiro atoms. The first-order valence-corrected chi connectivity index (χ1v) is 6.27. The Balaban J connectivity index is 2.25. The largest absolute Gasteiger partial charge is 0.357 e. The summed E-state index contributed by atoms with van der Waals surface area (Å²) in [6.07, 6.45) is 0.828. The first kappa shape index (κ1) is 14.0. The molecule has 2 aromatic rings. The zero-order valence-corrected chi connectivity index (χ0v) is 11.6. The Hall–Kier alpha value is -2.45. The Morgan fingerprint density at radius 1 is 1.45 bits per heavy atom. The van der Waals surface area contributed by atoms with E-state index in [-0.39, 0.29) is 12.2 Å². The van der Waals surface area contributed by atoms with Crippen LogP contribution >= 0.6 is 0 Å². The van der Waals surface area contributed by atoms with Gasteiger partial charge in [0.1, 0.15) is 5.69 Å². The lowest BCUT2D eigenvalue weighted by atomic mass is 10.3. The number of nitro groups is 1. The average molecular weight is 280 g/mol. The van der Waals surface area contributed by atoms with Crippen LogP contribution < -0.4 is 5.32 Å². The van der Waals surface area contributed by atoms with Gasteiger partial charge in [0.2, 0.25) is 11.7 Å². The molecule has 9 heteroatoms. The van der Waals surface area contributed by atoms with Gasteiger partial charge in [0.25, 0.3) is 0 Å². The highest BCUT2D eigenvalue weighted by atomic mass is 16.6. The molecule has 2 rings (SSSR count). The Morgan fingerprint density at radius 3 is 2.75 bits per heavy atom. The molecular formula is C11H16N6O3. The fourth-order valence-electron chi connectivity index (χ4n) is 1.92. The van der Waals surface area contributed by atoms with Gasteiger partial charge in [-0.05, 0) is 13.3 Å². The van der Waals surface area contributed by atoms with Crippen LogP contribution in [-0.2, 0) is 13.1 Å². The van der Waals surface area contributed by atoms with E-state index in [1.165, 1.54) is 0 Å². The van der Waals surface area contributed by atoms with Crippen molar-refractivity contribution < 1.29 is 9.45 Å². The van der Waals surface area contributed by atoms with E-state index in [0.29, 0.717) is 29.8 Å². The van der Waals surface area contributed by atoms with E-state index in [2.05, 4.69) is 20.6 Å². The van der Waals surface area contributed by atoms with Crippen molar-refractivity contribution in [3.63, 3.8) is 0 Å². The number of rotatable bonds is 6. The van der Waals surface area contributed by atoms with Gasteiger partial charge in [0.15, 0.2) is 5.82 Å². The fraction of sp³-hybridized carbons (Fsp3) is 0.545. The Labute approximate surface area is 115 Å². The molecule has 0 fully saturated rings. The maximum Gasteiger partial charge on any atom is 0.333 e. The molecule has 0 aromatic carbocycles. The van der Waals surface area contributed by atoms with Crippen LogP contribution in [0.25, 0.3) is 0 Å². The molecule has 20 heavy (non-hydrogen) atoms. The third-order valence-electron chi connectivity index (χ3n) is 2.70. The summed E-state index contributed by atoms with van der Waals surface area (Å²) >= 11 is 0. The Morgan fingerprint density at radius 2 is 2.20 bits per heavy atom. The number of hydrogen-bond donors (Lipinski definition) is 1. The van der Waals surface area contributed by atoms with E-state index < -0.39 is 4.92 Å². The number of hydrogen-bond acceptors (Lipinski definition) is 7. The number of aromatic nitrogens is 4. The Bertz CT molecular complexity index is 618. The molecule has 1 N–H and O–H groups in total. The predicted octanol–water partition coefficient (Wildman–Crippen LogP) is 1.81. The smallest absolute Gasteiger partial charge is 0.333 e. The molecule has 9 nitrogen and oxygen atoms in total. The SMILES string of the molecule is CCCn1nc(C)c([N+](=O)[O-])c1NCc1noc(C)n1. The molecule has 0 amide bonds. The second-order valence-electron chi connectivity index (χ2n) is 4.35. The summed E-state index contributed by atoms with van der Waals surface area (Å²) in [7, 11) is 0. The van der Waals surface area contributed by atoms with Crippen molar-refractivity contribution >= 4 is 11.5 Å². The summed E-state index contributed by atoms with van der Waals surface area (Å²) in [6, 6.07) is 0. The molecule has 0 aliphatic heterocycles. The van der Waals surface area contributed by atoms with E-state index in [0.717, 1.165) is 6.42 Å². The van der Waals surface area contributed by atoms with Gasteiger partial charge in [-0.15, -0.1) is 0 Å². The van der Waals surface area contributed by atoms with Gasteiger partial charge in [-0.3, -0.25) is 10.1 Å². The molecule has 0 saturated heterocycles. The lowest BCUT2D eigenvalue weighted by Gasteiger charge is -2.06. The molecule has 0 radical (unpaired) electrons. The highest BCUT2D eigenvalue weighted by molar-refractivity contribution is 5.59. The van der Waals surface area contributed by atoms with Gasteiger partial charge in [-0.1, -0.05) is 12.1 Å². The second kappa shape index (κ2) is 5.68. The molecule has 0 bridgehead atoms. The molecule has 0 aliphatic carbocycles. The summed E-state index contributed by atoms with van der Waals surface area (Å²) in [5.74, 6) is 1.27. The highest BCUT2D eigenvalue weighted by Crippen LogP contribution is 2.28. The number of aryl methyl sites for hydroxylation is 3. The van der Waals surface area contributed by atoms with Gasteiger partial charge in [0, 0.05) is 13.5 Å². The molecule has 0 unspecified atom stereocenters. The van der Waals surface area contributed by atoms with Crippen molar-refractivity contribution in [2.75, 3.05) is 5.32 Å². The Kier molecular flexibility index (Phi) is 3.97. The van der Waals surface area contributed by atoms with Gasteiger partial charge in [0.05, 0.1) is 11.5 Å². The molecule has 108 valence electrons. The van der Waals surface area contributed by atoms with E-state index in [1.807, 2.05) is 6.92 Å². The standard InChI is InChI=1S/C11H16N6O3/c1-4-5-16-11(10(17(18)19)7(2)14-16)12-6-9-13-8(3)20-15-9/h12H,4-6H2,1-3H3. The van der Waals surface area contributed by atoms with Crippen molar-refractivity contribution in [1.82, 2.24) is 19.9 Å². The van der Waals surface area contributed by atoms with Crippen molar-refractivity contribution in [1.29, 1.82) is 0 Å². The third-order valence-corrected chi connectivity index (χ3v) is 2.70. The second-order valence-corrected chi connectivity index (χ2v) is 4.35. The lowest BCUT2D eigenvalue weighted by Crippen LogP contribution is -2.10. The van der Waals surface area contributed by atoms with Crippen LogP contribution in [0, 0.1) is 24.0 Å². The van der Waals surface area contributed by atoms with Gasteiger partial charge >= 0.3 is 5.69 Å². The van der Waals surface area contributed by atoms with Crippen LogP contribution in [-0.4, -0.2) is 24.8 Å². The summed E-state index contributed by atoms with van der Waals surface area (Å²) in [5, 5.41) is 22.0. The topological polar surface area (TPSA) is 112 Å². The lowest BCUT2D eigenvalue weighted by molar-refractivity contribution is -0.384. The summed E-state index contributed by atoms with van der Waals surface area (Å²) < 4.78 is 6.45. The maximum atomic E-state index is 11.1. The molecule has 2 aromatic heterocycles. The van der Waals surface area contributed by atoms with E-state index in [9.17, 15) is 10.1 Å². The minimum Gasteiger partial charge on any atom is -0.357 e. The first-order valence-electron chi connectivity index (χ1n) is 6.27. The maximum absolute atomic E-state index is 11.1. The summed E-state index contributed by atoms with van der Waals surface area (Å²) in [5.41, 5.74) is 0.369. The van der Waals surface area contributed by atoms with Crippen molar-refractivity contribution in [3.8, 4) is 0 Å². The van der Waals surface area contributed by atoms with Gasteiger partial charge in [-0.25, -0.2) is 4.68 Å². The summed E-state index contributed by atoms with van der Waals surface area (Å²) in [6.45, 7) is 6.13. The fourth-order valence-corrected chi connectivity index (χ4v) is 1.92. The monoisotopic (exact) mass is 280 g/mol. The van der Waals surface area contributed by atoms with Crippen LogP contribution in [0.1, 0.15) is 30.8 Å². The predicted molar refractivity (Wildman–Crippen MR) is 70.3 cm³/mol. The van der Waals surface area contributed by atoms with Crippen molar-refractivity contribution in [2.45, 2.75) is 40.3 Å². The zero-order valence-electron chi connectivity index (χ0n) is 11.6. The quantitative estimate of drug-likeness (QED) is 0.634. The number of nitrogens with zero attached hydrogens (tertiary/aromatic N) is 5. The zero-order chi connectivity index (χ0) is 14.7. The molecule has 0 saturated carbocycles. The number of nitrogens with one attached hydrogen (secondary N) is 1. The van der Waals surface area contributed by atoms with Crippen molar-refractivity contribution in [2.24, 2.45) is 0 Å². The van der Waals surface area contributed by atoms with Crippen LogP contribution in [0.4, 0.5) is 11.5 Å². The highest BCUT2D eigenvalue weighted by Gasteiger charge is 2.25. The minimum atomic E-state index is -0.432.